The molecule has 0 heterocycles. The van der Waals surface area contributed by atoms with Crippen molar-refractivity contribution in [2.24, 2.45) is 0 Å². The molecule has 0 aliphatic carbocycles. The Morgan fingerprint density at radius 3 is 2.29 bits per heavy atom. The van der Waals surface area contributed by atoms with Gasteiger partial charge in [0.05, 0.1) is 0 Å². The molecule has 1 rings (SSSR count). The molecule has 1 aromatic carbocycles. The third kappa shape index (κ3) is 4.62. The molecule has 5 heteroatoms. The maximum absolute atomic E-state index is 12.1. The van der Waals surface area contributed by atoms with Crippen molar-refractivity contribution in [2.75, 3.05) is 0 Å². The lowest BCUT2D eigenvalue weighted by Crippen LogP contribution is -2.08. The van der Waals surface area contributed by atoms with Crippen LogP contribution in [-0.2, 0) is 0 Å². The molecule has 1 atom stereocenters. The zero-order chi connectivity index (χ0) is 13.2. The Labute approximate surface area is 116 Å². The van der Waals surface area contributed by atoms with Gasteiger partial charge in [0.15, 0.2) is 0 Å². The first-order valence-electron chi connectivity index (χ1n) is 5.18. The molecule has 0 aliphatic heterocycles. The van der Waals surface area contributed by atoms with Gasteiger partial charge in [0, 0.05) is 15.7 Å². The van der Waals surface area contributed by atoms with Crippen LogP contribution in [-0.4, -0.2) is 6.18 Å². The van der Waals surface area contributed by atoms with Gasteiger partial charge in [-0.3, -0.25) is 0 Å². The van der Waals surface area contributed by atoms with Gasteiger partial charge in [-0.1, -0.05) is 37.9 Å². The monoisotopic (exact) mass is 372 g/mol. The zero-order valence-electron chi connectivity index (χ0n) is 9.54. The van der Waals surface area contributed by atoms with E-state index in [1.165, 1.54) is 0 Å². The summed E-state index contributed by atoms with van der Waals surface area (Å²) in [5.41, 5.74) is 2.95. The summed E-state index contributed by atoms with van der Waals surface area (Å²) < 4.78 is 37.4. The maximum Gasteiger partial charge on any atom is 0.389 e. The van der Waals surface area contributed by atoms with Gasteiger partial charge in [-0.05, 0) is 43.0 Å². The minimum atomic E-state index is -4.09. The lowest BCUT2D eigenvalue weighted by atomic mass is 10.0. The Morgan fingerprint density at radius 1 is 1.18 bits per heavy atom. The third-order valence-electron chi connectivity index (χ3n) is 2.57. The van der Waals surface area contributed by atoms with Crippen LogP contribution in [0.1, 0.15) is 34.4 Å². The fourth-order valence-electron chi connectivity index (χ4n) is 1.59. The normalized spacial score (nSPS) is 13.8. The zero-order valence-corrected chi connectivity index (χ0v) is 12.7. The fourth-order valence-corrected chi connectivity index (χ4v) is 2.77. The number of aryl methyl sites for hydroxylation is 2. The molecular formula is C12H13Br2F3. The molecule has 17 heavy (non-hydrogen) atoms. The molecule has 1 unspecified atom stereocenters. The Morgan fingerprint density at radius 2 is 1.76 bits per heavy atom. The highest BCUT2D eigenvalue weighted by Gasteiger charge is 2.28. The Kier molecular flexibility index (Phi) is 5.07. The first-order valence-corrected chi connectivity index (χ1v) is 6.89. The SMILES string of the molecule is Cc1cc(C(Br)CCC(F)(F)F)c(C)cc1Br. The van der Waals surface area contributed by atoms with Crippen LogP contribution >= 0.6 is 31.9 Å². The molecular weight excluding hydrogens is 361 g/mol. The predicted octanol–water partition coefficient (Wildman–Crippen LogP) is 5.84. The fraction of sp³-hybridized carbons (Fsp3) is 0.500. The van der Waals surface area contributed by atoms with E-state index >= 15 is 0 Å². The number of alkyl halides is 4. The van der Waals surface area contributed by atoms with Crippen molar-refractivity contribution in [3.05, 3.63) is 33.3 Å². The summed E-state index contributed by atoms with van der Waals surface area (Å²) in [6.07, 6.45) is -4.80. The van der Waals surface area contributed by atoms with Gasteiger partial charge in [0.1, 0.15) is 0 Å². The topological polar surface area (TPSA) is 0 Å². The second-order valence-corrected chi connectivity index (χ2v) is 6.04. The Bertz CT molecular complexity index is 399. The highest BCUT2D eigenvalue weighted by molar-refractivity contribution is 9.10. The molecule has 0 N–H and O–H groups in total. The second kappa shape index (κ2) is 5.74. The van der Waals surface area contributed by atoms with Crippen molar-refractivity contribution in [3.63, 3.8) is 0 Å². The lowest BCUT2D eigenvalue weighted by molar-refractivity contribution is -0.135. The van der Waals surface area contributed by atoms with Crippen LogP contribution in [0.5, 0.6) is 0 Å². The number of halogens is 5. The van der Waals surface area contributed by atoms with Crippen molar-refractivity contribution in [2.45, 2.75) is 37.7 Å². The smallest absolute Gasteiger partial charge is 0.171 e. The highest BCUT2D eigenvalue weighted by Crippen LogP contribution is 2.36. The quantitative estimate of drug-likeness (QED) is 0.583. The van der Waals surface area contributed by atoms with Crippen LogP contribution in [0.3, 0.4) is 0 Å². The van der Waals surface area contributed by atoms with Gasteiger partial charge in [-0.2, -0.15) is 13.2 Å². The van der Waals surface area contributed by atoms with Crippen LogP contribution in [0.2, 0.25) is 0 Å². The van der Waals surface area contributed by atoms with Gasteiger partial charge in [0.25, 0.3) is 0 Å². The number of rotatable bonds is 3. The van der Waals surface area contributed by atoms with E-state index in [0.717, 1.165) is 21.2 Å². The molecule has 96 valence electrons. The van der Waals surface area contributed by atoms with Crippen LogP contribution in [0.15, 0.2) is 16.6 Å². The number of hydrogen-bond donors (Lipinski definition) is 0. The standard InChI is InChI=1S/C12H13Br2F3/c1-7-6-11(14)8(2)5-9(7)10(13)3-4-12(15,16)17/h5-6,10H,3-4H2,1-2H3. The van der Waals surface area contributed by atoms with E-state index < -0.39 is 12.6 Å². The van der Waals surface area contributed by atoms with E-state index in [1.54, 1.807) is 0 Å². The average Bonchev–Trinajstić information content (AvgIpc) is 2.19. The van der Waals surface area contributed by atoms with Crippen molar-refractivity contribution in [3.8, 4) is 0 Å². The molecule has 0 fully saturated rings. The highest BCUT2D eigenvalue weighted by atomic mass is 79.9. The molecule has 0 saturated heterocycles. The molecule has 0 aliphatic rings. The largest absolute Gasteiger partial charge is 0.389 e. The minimum absolute atomic E-state index is 0.0609. The Hall–Kier alpha value is -0.0300. The molecule has 0 radical (unpaired) electrons. The summed E-state index contributed by atoms with van der Waals surface area (Å²) in [6, 6.07) is 3.86. The minimum Gasteiger partial charge on any atom is -0.171 e. The summed E-state index contributed by atoms with van der Waals surface area (Å²) in [5.74, 6) is 0. The molecule has 1 aromatic rings. The van der Waals surface area contributed by atoms with Gasteiger partial charge in [-0.15, -0.1) is 0 Å². The van der Waals surface area contributed by atoms with Crippen LogP contribution in [0.4, 0.5) is 13.2 Å². The summed E-state index contributed by atoms with van der Waals surface area (Å²) in [5, 5.41) is 0. The first-order chi connectivity index (χ1) is 7.70. The van der Waals surface area contributed by atoms with Gasteiger partial charge in [-0.25, -0.2) is 0 Å². The molecule has 0 spiro atoms. The van der Waals surface area contributed by atoms with Crippen molar-refractivity contribution < 1.29 is 13.2 Å². The van der Waals surface area contributed by atoms with Crippen molar-refractivity contribution in [1.82, 2.24) is 0 Å². The van der Waals surface area contributed by atoms with E-state index in [9.17, 15) is 13.2 Å². The van der Waals surface area contributed by atoms with E-state index in [1.807, 2.05) is 26.0 Å². The summed E-state index contributed by atoms with van der Waals surface area (Å²) in [6.45, 7) is 3.83. The lowest BCUT2D eigenvalue weighted by Gasteiger charge is -2.16. The summed E-state index contributed by atoms with van der Waals surface area (Å²) >= 11 is 6.74. The van der Waals surface area contributed by atoms with E-state index in [2.05, 4.69) is 31.9 Å². The second-order valence-electron chi connectivity index (χ2n) is 4.08. The van der Waals surface area contributed by atoms with Gasteiger partial charge < -0.3 is 0 Å². The molecule has 0 amide bonds. The van der Waals surface area contributed by atoms with E-state index in [-0.39, 0.29) is 11.2 Å². The molecule has 0 saturated carbocycles. The first kappa shape index (κ1) is 15.0. The number of benzene rings is 1. The summed E-state index contributed by atoms with van der Waals surface area (Å²) in [4.78, 5) is -0.254. The van der Waals surface area contributed by atoms with Gasteiger partial charge in [0.2, 0.25) is 0 Å². The number of hydrogen-bond acceptors (Lipinski definition) is 0. The molecule has 0 bridgehead atoms. The van der Waals surface area contributed by atoms with Crippen molar-refractivity contribution in [1.29, 1.82) is 0 Å². The molecule has 0 nitrogen and oxygen atoms in total. The van der Waals surface area contributed by atoms with Crippen molar-refractivity contribution >= 4 is 31.9 Å². The molecule has 0 aromatic heterocycles. The van der Waals surface area contributed by atoms with Crippen LogP contribution in [0, 0.1) is 13.8 Å². The van der Waals surface area contributed by atoms with E-state index in [4.69, 9.17) is 0 Å². The Balaban J connectivity index is 2.82. The van der Waals surface area contributed by atoms with Gasteiger partial charge >= 0.3 is 6.18 Å². The van der Waals surface area contributed by atoms with Crippen LogP contribution < -0.4 is 0 Å². The summed E-state index contributed by atoms with van der Waals surface area (Å²) in [7, 11) is 0. The average molecular weight is 374 g/mol. The predicted molar refractivity (Wildman–Crippen MR) is 70.6 cm³/mol. The third-order valence-corrected chi connectivity index (χ3v) is 4.37. The maximum atomic E-state index is 12.1. The van der Waals surface area contributed by atoms with Crippen LogP contribution in [0.25, 0.3) is 0 Å². The van der Waals surface area contributed by atoms with E-state index in [0.29, 0.717) is 0 Å².